The van der Waals surface area contributed by atoms with E-state index in [0.29, 0.717) is 18.5 Å². The highest BCUT2D eigenvalue weighted by molar-refractivity contribution is 5.97. The summed E-state index contributed by atoms with van der Waals surface area (Å²) in [6.07, 6.45) is 7.05. The van der Waals surface area contributed by atoms with Crippen LogP contribution in [0, 0.1) is 0 Å². The van der Waals surface area contributed by atoms with E-state index in [0.717, 1.165) is 43.7 Å². The predicted octanol–water partition coefficient (Wildman–Crippen LogP) is 2.09. The molecule has 1 unspecified atom stereocenters. The van der Waals surface area contributed by atoms with Gasteiger partial charge in [0, 0.05) is 43.6 Å². The molecule has 0 bridgehead atoms. The second kappa shape index (κ2) is 10.4. The Hall–Kier alpha value is -3.49. The predicted molar refractivity (Wildman–Crippen MR) is 121 cm³/mol. The zero-order valence-corrected chi connectivity index (χ0v) is 18.5. The van der Waals surface area contributed by atoms with Crippen LogP contribution in [0.5, 0.6) is 0 Å². The number of aliphatic carboxylic acids is 1. The minimum absolute atomic E-state index is 0.00702. The Morgan fingerprint density at radius 2 is 2.12 bits per heavy atom. The lowest BCUT2D eigenvalue weighted by Gasteiger charge is -2.26. The van der Waals surface area contributed by atoms with Crippen LogP contribution in [0.1, 0.15) is 55.0 Å². The molecule has 33 heavy (non-hydrogen) atoms. The molecule has 1 fully saturated rings. The van der Waals surface area contributed by atoms with E-state index in [1.807, 2.05) is 6.07 Å². The van der Waals surface area contributed by atoms with Crippen molar-refractivity contribution in [3.05, 3.63) is 53.5 Å². The average molecular weight is 452 g/mol. The molecule has 2 atom stereocenters. The van der Waals surface area contributed by atoms with Gasteiger partial charge in [0.05, 0.1) is 12.5 Å². The van der Waals surface area contributed by atoms with Crippen molar-refractivity contribution in [1.82, 2.24) is 20.2 Å². The minimum atomic E-state index is -1.04. The standard InChI is InChI=1S/C24H29N5O4/c30-21(28-20(13-23(32)33)17-5-1-9-25-15-17)14-22(31)29-11-3-6-19(29)12-18-8-7-16-4-2-10-26-24(16)27-18/h1,5,7-9,15,19-20H,2-4,6,10-14H2,(H,26,27)(H,28,30)(H,32,33)/t19?,20-/m0/s1. The molecule has 2 aromatic heterocycles. The molecular formula is C24H29N5O4. The van der Waals surface area contributed by atoms with Crippen molar-refractivity contribution in [1.29, 1.82) is 0 Å². The van der Waals surface area contributed by atoms with Crippen LogP contribution in [-0.2, 0) is 27.2 Å². The fourth-order valence-electron chi connectivity index (χ4n) is 4.59. The number of likely N-dealkylation sites (tertiary alicyclic amines) is 1. The maximum atomic E-state index is 12.9. The number of fused-ring (bicyclic) bond motifs is 1. The summed E-state index contributed by atoms with van der Waals surface area (Å²) in [5.41, 5.74) is 2.76. The highest BCUT2D eigenvalue weighted by atomic mass is 16.4. The van der Waals surface area contributed by atoms with Crippen molar-refractivity contribution in [2.24, 2.45) is 0 Å². The molecule has 0 spiro atoms. The number of nitrogens with one attached hydrogen (secondary N) is 2. The van der Waals surface area contributed by atoms with Gasteiger partial charge in [0.1, 0.15) is 12.2 Å². The third-order valence-electron chi connectivity index (χ3n) is 6.21. The van der Waals surface area contributed by atoms with Gasteiger partial charge in [0.15, 0.2) is 0 Å². The number of carbonyl (C=O) groups is 3. The number of hydrogen-bond donors (Lipinski definition) is 3. The molecule has 0 aliphatic carbocycles. The van der Waals surface area contributed by atoms with Crippen molar-refractivity contribution in [2.45, 2.75) is 57.0 Å². The van der Waals surface area contributed by atoms with Gasteiger partial charge < -0.3 is 20.6 Å². The Balaban J connectivity index is 1.36. The van der Waals surface area contributed by atoms with Crippen LogP contribution in [0.4, 0.5) is 5.82 Å². The average Bonchev–Trinajstić information content (AvgIpc) is 3.27. The molecule has 2 amide bonds. The number of aromatic nitrogens is 2. The van der Waals surface area contributed by atoms with E-state index in [4.69, 9.17) is 4.98 Å². The molecule has 0 saturated carbocycles. The highest BCUT2D eigenvalue weighted by Crippen LogP contribution is 2.25. The van der Waals surface area contributed by atoms with Gasteiger partial charge in [-0.25, -0.2) is 4.98 Å². The smallest absolute Gasteiger partial charge is 0.305 e. The van der Waals surface area contributed by atoms with E-state index in [1.54, 1.807) is 23.2 Å². The van der Waals surface area contributed by atoms with Gasteiger partial charge >= 0.3 is 5.97 Å². The van der Waals surface area contributed by atoms with Gasteiger partial charge in [-0.15, -0.1) is 0 Å². The van der Waals surface area contributed by atoms with Gasteiger partial charge in [-0.2, -0.15) is 0 Å². The lowest BCUT2D eigenvalue weighted by molar-refractivity contribution is -0.138. The first-order chi connectivity index (χ1) is 16.0. The number of pyridine rings is 2. The van der Waals surface area contributed by atoms with Crippen LogP contribution in [0.3, 0.4) is 0 Å². The molecule has 9 nitrogen and oxygen atoms in total. The molecule has 174 valence electrons. The summed E-state index contributed by atoms with van der Waals surface area (Å²) in [5.74, 6) is -0.834. The van der Waals surface area contributed by atoms with Crippen molar-refractivity contribution >= 4 is 23.6 Å². The van der Waals surface area contributed by atoms with Gasteiger partial charge in [-0.3, -0.25) is 19.4 Å². The van der Waals surface area contributed by atoms with Gasteiger partial charge in [0.2, 0.25) is 11.8 Å². The Labute approximate surface area is 192 Å². The number of amides is 2. The van der Waals surface area contributed by atoms with Gasteiger partial charge in [0.25, 0.3) is 0 Å². The maximum absolute atomic E-state index is 12.9. The third-order valence-corrected chi connectivity index (χ3v) is 6.21. The molecule has 4 heterocycles. The van der Waals surface area contributed by atoms with Crippen LogP contribution in [0.2, 0.25) is 0 Å². The van der Waals surface area contributed by atoms with Crippen LogP contribution >= 0.6 is 0 Å². The number of carboxylic acid groups (broad SMARTS) is 1. The van der Waals surface area contributed by atoms with E-state index in [2.05, 4.69) is 21.7 Å². The largest absolute Gasteiger partial charge is 0.481 e. The first-order valence-corrected chi connectivity index (χ1v) is 11.4. The Morgan fingerprint density at radius 1 is 1.24 bits per heavy atom. The maximum Gasteiger partial charge on any atom is 0.305 e. The zero-order chi connectivity index (χ0) is 23.2. The van der Waals surface area contributed by atoms with E-state index >= 15 is 0 Å². The van der Waals surface area contributed by atoms with E-state index in [1.165, 1.54) is 11.8 Å². The van der Waals surface area contributed by atoms with Gasteiger partial charge in [-0.05, 0) is 48.9 Å². The Kier molecular flexibility index (Phi) is 7.16. The van der Waals surface area contributed by atoms with Gasteiger partial charge in [-0.1, -0.05) is 12.1 Å². The number of anilines is 1. The van der Waals surface area contributed by atoms with E-state index < -0.39 is 17.9 Å². The molecule has 0 aromatic carbocycles. The molecule has 9 heteroatoms. The summed E-state index contributed by atoms with van der Waals surface area (Å²) in [6.45, 7) is 1.54. The molecule has 0 radical (unpaired) electrons. The summed E-state index contributed by atoms with van der Waals surface area (Å²) >= 11 is 0. The summed E-state index contributed by atoms with van der Waals surface area (Å²) in [4.78, 5) is 47.3. The van der Waals surface area contributed by atoms with E-state index in [-0.39, 0.29) is 24.8 Å². The topological polar surface area (TPSA) is 125 Å². The number of hydrogen-bond acceptors (Lipinski definition) is 6. The highest BCUT2D eigenvalue weighted by Gasteiger charge is 2.31. The van der Waals surface area contributed by atoms with Crippen molar-refractivity contribution < 1.29 is 19.5 Å². The summed E-state index contributed by atoms with van der Waals surface area (Å²) in [5, 5.41) is 15.2. The molecule has 2 aromatic rings. The fourth-order valence-corrected chi connectivity index (χ4v) is 4.59. The second-order valence-electron chi connectivity index (χ2n) is 8.61. The number of carboxylic acids is 1. The number of nitrogens with zero attached hydrogens (tertiary/aromatic N) is 3. The summed E-state index contributed by atoms with van der Waals surface area (Å²) in [7, 11) is 0. The molecule has 3 N–H and O–H groups in total. The zero-order valence-electron chi connectivity index (χ0n) is 18.5. The third kappa shape index (κ3) is 5.85. The van der Waals surface area contributed by atoms with Crippen LogP contribution < -0.4 is 10.6 Å². The van der Waals surface area contributed by atoms with Crippen molar-refractivity contribution in [3.63, 3.8) is 0 Å². The first-order valence-electron chi connectivity index (χ1n) is 11.4. The first kappa shape index (κ1) is 22.7. The van der Waals surface area contributed by atoms with E-state index in [9.17, 15) is 19.5 Å². The summed E-state index contributed by atoms with van der Waals surface area (Å²) < 4.78 is 0. The molecular weight excluding hydrogens is 422 g/mol. The summed E-state index contributed by atoms with van der Waals surface area (Å²) in [6, 6.07) is 6.80. The fraction of sp³-hybridized carbons (Fsp3) is 0.458. The normalized spacial score (nSPS) is 18.2. The van der Waals surface area contributed by atoms with Crippen LogP contribution in [0.15, 0.2) is 36.7 Å². The minimum Gasteiger partial charge on any atom is -0.481 e. The quantitative estimate of drug-likeness (QED) is 0.525. The molecule has 2 aliphatic rings. The number of carbonyl (C=O) groups excluding carboxylic acids is 2. The van der Waals surface area contributed by atoms with Crippen LogP contribution in [0.25, 0.3) is 0 Å². The van der Waals surface area contributed by atoms with Crippen LogP contribution in [-0.4, -0.2) is 56.9 Å². The number of rotatable bonds is 8. The molecule has 1 saturated heterocycles. The Bertz CT molecular complexity index is 1010. The van der Waals surface area contributed by atoms with Crippen molar-refractivity contribution in [2.75, 3.05) is 18.4 Å². The SMILES string of the molecule is O=C(O)C[C@H](NC(=O)CC(=O)N1CCCC1Cc1ccc2c(n1)NCCC2)c1cccnc1. The Morgan fingerprint density at radius 3 is 2.91 bits per heavy atom. The molecule has 2 aliphatic heterocycles. The van der Waals surface area contributed by atoms with Crippen molar-refractivity contribution in [3.8, 4) is 0 Å². The second-order valence-corrected chi connectivity index (χ2v) is 8.61. The molecule has 4 rings (SSSR count). The lowest BCUT2D eigenvalue weighted by atomic mass is 10.0. The number of aryl methyl sites for hydroxylation is 1. The monoisotopic (exact) mass is 451 g/mol. The lowest BCUT2D eigenvalue weighted by Crippen LogP contribution is -2.40.